The van der Waals surface area contributed by atoms with E-state index >= 15 is 0 Å². The summed E-state index contributed by atoms with van der Waals surface area (Å²) in [5.41, 5.74) is 7.10. The Morgan fingerprint density at radius 1 is 0.862 bits per heavy atom. The van der Waals surface area contributed by atoms with Gasteiger partial charge >= 0.3 is 0 Å². The molecule has 0 heterocycles. The van der Waals surface area contributed by atoms with Gasteiger partial charge in [-0.3, -0.25) is 9.59 Å². The number of fused-ring (bicyclic) bond motifs is 1. The van der Waals surface area contributed by atoms with E-state index in [4.69, 9.17) is 0 Å². The molecule has 0 aliphatic heterocycles. The summed E-state index contributed by atoms with van der Waals surface area (Å²) in [4.78, 5) is 24.2. The van der Waals surface area contributed by atoms with Crippen LogP contribution in [0.15, 0.2) is 65.8 Å². The molecule has 0 aromatic heterocycles. The molecule has 0 saturated carbocycles. The Hall–Kier alpha value is -3.47. The SMILES string of the molecule is C/C(=N\NC(=O)CCC(=O)Nc1ccc(C)cc1C)c1ccc2ccccc2c1. The van der Waals surface area contributed by atoms with E-state index in [-0.39, 0.29) is 24.7 Å². The Labute approximate surface area is 170 Å². The molecule has 0 fully saturated rings. The normalized spacial score (nSPS) is 11.3. The Morgan fingerprint density at radius 2 is 1.59 bits per heavy atom. The Kier molecular flexibility index (Phi) is 6.39. The molecular weight excluding hydrogens is 362 g/mol. The van der Waals surface area contributed by atoms with Crippen LogP contribution < -0.4 is 10.7 Å². The van der Waals surface area contributed by atoms with Crippen LogP contribution in [0.25, 0.3) is 10.8 Å². The summed E-state index contributed by atoms with van der Waals surface area (Å²) >= 11 is 0. The summed E-state index contributed by atoms with van der Waals surface area (Å²) < 4.78 is 0. The third kappa shape index (κ3) is 5.51. The number of nitrogens with one attached hydrogen (secondary N) is 2. The van der Waals surface area contributed by atoms with Crippen LogP contribution in [0.5, 0.6) is 0 Å². The molecule has 3 aromatic carbocycles. The highest BCUT2D eigenvalue weighted by Crippen LogP contribution is 2.17. The van der Waals surface area contributed by atoms with Crippen molar-refractivity contribution in [2.24, 2.45) is 5.10 Å². The quantitative estimate of drug-likeness (QED) is 0.475. The maximum absolute atomic E-state index is 12.1. The third-order valence-corrected chi connectivity index (χ3v) is 4.75. The van der Waals surface area contributed by atoms with Crippen molar-refractivity contribution >= 4 is 34.0 Å². The van der Waals surface area contributed by atoms with E-state index in [2.05, 4.69) is 21.9 Å². The van der Waals surface area contributed by atoms with Crippen LogP contribution in [-0.4, -0.2) is 17.5 Å². The third-order valence-electron chi connectivity index (χ3n) is 4.75. The van der Waals surface area contributed by atoms with Gasteiger partial charge in [-0.2, -0.15) is 5.10 Å². The lowest BCUT2D eigenvalue weighted by atomic mass is 10.0. The zero-order chi connectivity index (χ0) is 20.8. The first kappa shape index (κ1) is 20.3. The van der Waals surface area contributed by atoms with Gasteiger partial charge < -0.3 is 5.32 Å². The predicted molar refractivity (Wildman–Crippen MR) is 118 cm³/mol. The van der Waals surface area contributed by atoms with Crippen LogP contribution in [0, 0.1) is 13.8 Å². The molecule has 0 bridgehead atoms. The summed E-state index contributed by atoms with van der Waals surface area (Å²) in [6, 6.07) is 20.0. The lowest BCUT2D eigenvalue weighted by Gasteiger charge is -2.09. The molecule has 0 spiro atoms. The number of anilines is 1. The number of hydrazone groups is 1. The fourth-order valence-electron chi connectivity index (χ4n) is 3.07. The number of amides is 2. The Morgan fingerprint density at radius 3 is 2.34 bits per heavy atom. The molecule has 2 N–H and O–H groups in total. The van der Waals surface area contributed by atoms with Crippen molar-refractivity contribution in [2.45, 2.75) is 33.6 Å². The molecule has 148 valence electrons. The highest BCUT2D eigenvalue weighted by molar-refractivity contribution is 6.02. The molecule has 2 amide bonds. The lowest BCUT2D eigenvalue weighted by Crippen LogP contribution is -2.22. The van der Waals surface area contributed by atoms with Gasteiger partial charge in [-0.15, -0.1) is 0 Å². The summed E-state index contributed by atoms with van der Waals surface area (Å²) in [6.45, 7) is 5.79. The summed E-state index contributed by atoms with van der Waals surface area (Å²) in [7, 11) is 0. The summed E-state index contributed by atoms with van der Waals surface area (Å²) in [6.07, 6.45) is 0.176. The van der Waals surface area contributed by atoms with Crippen LogP contribution in [-0.2, 0) is 9.59 Å². The van der Waals surface area contributed by atoms with Crippen molar-refractivity contribution in [1.82, 2.24) is 5.43 Å². The average molecular weight is 387 g/mol. The maximum Gasteiger partial charge on any atom is 0.240 e. The summed E-state index contributed by atoms with van der Waals surface area (Å²) in [5, 5.41) is 9.29. The molecule has 29 heavy (non-hydrogen) atoms. The van der Waals surface area contributed by atoms with Crippen LogP contribution in [0.1, 0.15) is 36.5 Å². The van der Waals surface area contributed by atoms with Gasteiger partial charge in [0.15, 0.2) is 0 Å². The first-order valence-corrected chi connectivity index (χ1v) is 9.62. The number of rotatable bonds is 6. The molecule has 0 radical (unpaired) electrons. The molecule has 0 aliphatic carbocycles. The van der Waals surface area contributed by atoms with Gasteiger partial charge in [0.1, 0.15) is 0 Å². The number of benzene rings is 3. The van der Waals surface area contributed by atoms with Gasteiger partial charge in [0.25, 0.3) is 0 Å². The lowest BCUT2D eigenvalue weighted by molar-refractivity contribution is -0.124. The van der Waals surface area contributed by atoms with Gasteiger partial charge in [0, 0.05) is 18.5 Å². The monoisotopic (exact) mass is 387 g/mol. The number of nitrogens with zero attached hydrogens (tertiary/aromatic N) is 1. The molecule has 0 saturated heterocycles. The van der Waals surface area contributed by atoms with Crippen LogP contribution in [0.3, 0.4) is 0 Å². The van der Waals surface area contributed by atoms with E-state index in [1.54, 1.807) is 0 Å². The van der Waals surface area contributed by atoms with E-state index in [0.717, 1.165) is 33.2 Å². The Balaban J connectivity index is 1.52. The Bertz CT molecular complexity index is 1090. The molecule has 5 heteroatoms. The second kappa shape index (κ2) is 9.15. The van der Waals surface area contributed by atoms with Crippen LogP contribution in [0.4, 0.5) is 5.69 Å². The minimum absolute atomic E-state index is 0.0746. The van der Waals surface area contributed by atoms with Crippen molar-refractivity contribution < 1.29 is 9.59 Å². The van der Waals surface area contributed by atoms with Crippen molar-refractivity contribution in [3.8, 4) is 0 Å². The first-order valence-electron chi connectivity index (χ1n) is 9.62. The molecule has 3 aromatic rings. The minimum Gasteiger partial charge on any atom is -0.326 e. The molecule has 0 unspecified atom stereocenters. The van der Waals surface area contributed by atoms with Crippen LogP contribution in [0.2, 0.25) is 0 Å². The summed E-state index contributed by atoms with van der Waals surface area (Å²) in [5.74, 6) is -0.483. The van der Waals surface area contributed by atoms with Gasteiger partial charge in [-0.1, -0.05) is 54.1 Å². The number of carbonyl (C=O) groups is 2. The molecule has 5 nitrogen and oxygen atoms in total. The van der Waals surface area contributed by atoms with Crippen molar-refractivity contribution in [2.75, 3.05) is 5.32 Å². The van der Waals surface area contributed by atoms with Gasteiger partial charge in [0.2, 0.25) is 11.8 Å². The van der Waals surface area contributed by atoms with E-state index in [1.807, 2.05) is 75.4 Å². The fourth-order valence-corrected chi connectivity index (χ4v) is 3.07. The number of carbonyl (C=O) groups excluding carboxylic acids is 2. The molecule has 0 atom stereocenters. The number of hydrogen-bond acceptors (Lipinski definition) is 3. The van der Waals surface area contributed by atoms with E-state index in [0.29, 0.717) is 5.71 Å². The second-order valence-electron chi connectivity index (χ2n) is 7.16. The topological polar surface area (TPSA) is 70.6 Å². The predicted octanol–water partition coefficient (Wildman–Crippen LogP) is 4.72. The van der Waals surface area contributed by atoms with Crippen molar-refractivity contribution in [3.63, 3.8) is 0 Å². The van der Waals surface area contributed by atoms with Gasteiger partial charge in [-0.25, -0.2) is 5.43 Å². The molecular formula is C24H25N3O2. The van der Waals surface area contributed by atoms with E-state index in [1.165, 1.54) is 0 Å². The van der Waals surface area contributed by atoms with E-state index in [9.17, 15) is 9.59 Å². The van der Waals surface area contributed by atoms with Crippen molar-refractivity contribution in [3.05, 3.63) is 77.4 Å². The number of aryl methyl sites for hydroxylation is 2. The zero-order valence-corrected chi connectivity index (χ0v) is 17.0. The van der Waals surface area contributed by atoms with Gasteiger partial charge in [0.05, 0.1) is 5.71 Å². The minimum atomic E-state index is -0.291. The molecule has 0 aliphatic rings. The smallest absolute Gasteiger partial charge is 0.240 e. The van der Waals surface area contributed by atoms with Gasteiger partial charge in [-0.05, 0) is 54.8 Å². The van der Waals surface area contributed by atoms with Crippen molar-refractivity contribution in [1.29, 1.82) is 0 Å². The fraction of sp³-hybridized carbons (Fsp3) is 0.208. The highest BCUT2D eigenvalue weighted by atomic mass is 16.2. The highest BCUT2D eigenvalue weighted by Gasteiger charge is 2.09. The second-order valence-corrected chi connectivity index (χ2v) is 7.16. The van der Waals surface area contributed by atoms with Crippen LogP contribution >= 0.6 is 0 Å². The first-order chi connectivity index (χ1) is 13.9. The largest absolute Gasteiger partial charge is 0.326 e. The zero-order valence-electron chi connectivity index (χ0n) is 17.0. The standard InChI is InChI=1S/C24H25N3O2/c1-16-8-11-22(17(2)14-16)25-23(28)12-13-24(29)27-26-18(3)20-10-9-19-6-4-5-7-21(19)15-20/h4-11,14-15H,12-13H2,1-3H3,(H,25,28)(H,27,29)/b26-18+. The molecule has 3 rings (SSSR count). The number of hydrogen-bond donors (Lipinski definition) is 2. The average Bonchev–Trinajstić information content (AvgIpc) is 2.72. The maximum atomic E-state index is 12.1. The van der Waals surface area contributed by atoms with E-state index < -0.39 is 0 Å².